The number of carbonyl (C=O) groups is 1. The van der Waals surface area contributed by atoms with E-state index in [0.717, 1.165) is 15.6 Å². The van der Waals surface area contributed by atoms with Crippen molar-refractivity contribution in [2.75, 3.05) is 0 Å². The van der Waals surface area contributed by atoms with Crippen molar-refractivity contribution in [3.8, 4) is 0 Å². The van der Waals surface area contributed by atoms with Gasteiger partial charge in [0.25, 0.3) is 0 Å². The van der Waals surface area contributed by atoms with Gasteiger partial charge < -0.3 is 10.6 Å². The van der Waals surface area contributed by atoms with Crippen molar-refractivity contribution in [1.82, 2.24) is 15.6 Å². The summed E-state index contributed by atoms with van der Waals surface area (Å²) in [5.74, 6) is 0. The molecular weight excluding hydrogens is 318 g/mol. The number of hydrogen-bond acceptors (Lipinski definition) is 2. The number of pyridine rings is 1. The summed E-state index contributed by atoms with van der Waals surface area (Å²) in [5, 5.41) is 5.71. The second-order valence-electron chi connectivity index (χ2n) is 4.46. The maximum Gasteiger partial charge on any atom is 0.315 e. The van der Waals surface area contributed by atoms with E-state index in [9.17, 15) is 4.79 Å². The van der Waals surface area contributed by atoms with Gasteiger partial charge in [-0.25, -0.2) is 4.79 Å². The van der Waals surface area contributed by atoms with Gasteiger partial charge in [0.2, 0.25) is 0 Å². The van der Waals surface area contributed by atoms with Crippen molar-refractivity contribution in [2.45, 2.75) is 19.5 Å². The largest absolute Gasteiger partial charge is 0.334 e. The summed E-state index contributed by atoms with van der Waals surface area (Å²) in [5.41, 5.74) is 2.03. The molecule has 0 bridgehead atoms. The second kappa shape index (κ2) is 7.05. The number of halogens is 1. The first-order chi connectivity index (χ1) is 9.65. The molecule has 0 spiro atoms. The van der Waals surface area contributed by atoms with E-state index in [1.807, 2.05) is 43.3 Å². The zero-order valence-corrected chi connectivity index (χ0v) is 12.7. The minimum absolute atomic E-state index is 0.0444. The number of nitrogens with one attached hydrogen (secondary N) is 2. The summed E-state index contributed by atoms with van der Waals surface area (Å²) in [4.78, 5) is 15.8. The van der Waals surface area contributed by atoms with Gasteiger partial charge >= 0.3 is 6.03 Å². The molecule has 0 saturated carbocycles. The molecule has 0 unspecified atom stereocenters. The van der Waals surface area contributed by atoms with Gasteiger partial charge in [0.05, 0.1) is 6.04 Å². The van der Waals surface area contributed by atoms with Gasteiger partial charge in [0.15, 0.2) is 0 Å². The molecular formula is C15H16BrN3O. The lowest BCUT2D eigenvalue weighted by Crippen LogP contribution is -2.36. The van der Waals surface area contributed by atoms with E-state index in [1.54, 1.807) is 12.4 Å². The Labute approximate surface area is 126 Å². The number of nitrogens with zero attached hydrogens (tertiary/aromatic N) is 1. The zero-order valence-electron chi connectivity index (χ0n) is 11.1. The highest BCUT2D eigenvalue weighted by molar-refractivity contribution is 9.10. The molecule has 0 fully saturated rings. The maximum atomic E-state index is 11.8. The lowest BCUT2D eigenvalue weighted by atomic mass is 10.1. The average molecular weight is 334 g/mol. The Kier molecular flexibility index (Phi) is 5.12. The van der Waals surface area contributed by atoms with Gasteiger partial charge in [-0.3, -0.25) is 4.98 Å². The molecule has 104 valence electrons. The van der Waals surface area contributed by atoms with Crippen LogP contribution in [0, 0.1) is 0 Å². The number of rotatable bonds is 4. The lowest BCUT2D eigenvalue weighted by Gasteiger charge is -2.15. The van der Waals surface area contributed by atoms with Crippen LogP contribution in [0.25, 0.3) is 0 Å². The van der Waals surface area contributed by atoms with E-state index in [1.165, 1.54) is 0 Å². The van der Waals surface area contributed by atoms with Gasteiger partial charge in [-0.15, -0.1) is 0 Å². The molecule has 1 heterocycles. The molecule has 0 radical (unpaired) electrons. The number of hydrogen-bond donors (Lipinski definition) is 2. The third kappa shape index (κ3) is 4.35. The molecule has 2 rings (SSSR count). The predicted molar refractivity (Wildman–Crippen MR) is 82.2 cm³/mol. The summed E-state index contributed by atoms with van der Waals surface area (Å²) >= 11 is 3.39. The molecule has 1 aromatic heterocycles. The Balaban J connectivity index is 1.83. The minimum Gasteiger partial charge on any atom is -0.334 e. The zero-order chi connectivity index (χ0) is 14.4. The topological polar surface area (TPSA) is 54.0 Å². The maximum absolute atomic E-state index is 11.8. The molecule has 0 aliphatic heterocycles. The van der Waals surface area contributed by atoms with Crippen LogP contribution >= 0.6 is 15.9 Å². The van der Waals surface area contributed by atoms with Crippen LogP contribution in [0.1, 0.15) is 24.1 Å². The number of benzene rings is 1. The molecule has 20 heavy (non-hydrogen) atoms. The van der Waals surface area contributed by atoms with Crippen LogP contribution in [0.5, 0.6) is 0 Å². The highest BCUT2D eigenvalue weighted by atomic mass is 79.9. The minimum atomic E-state index is -0.190. The van der Waals surface area contributed by atoms with Crippen LogP contribution in [-0.2, 0) is 6.54 Å². The van der Waals surface area contributed by atoms with Gasteiger partial charge in [-0.05, 0) is 36.2 Å². The molecule has 2 N–H and O–H groups in total. The highest BCUT2D eigenvalue weighted by Crippen LogP contribution is 2.16. The first kappa shape index (κ1) is 14.5. The SMILES string of the molecule is C[C@H](NC(=O)NCc1cccnc1)c1ccc(Br)cc1. The lowest BCUT2D eigenvalue weighted by molar-refractivity contribution is 0.237. The first-order valence-electron chi connectivity index (χ1n) is 6.34. The van der Waals surface area contributed by atoms with Crippen molar-refractivity contribution in [2.24, 2.45) is 0 Å². The number of amides is 2. The Hall–Kier alpha value is -1.88. The summed E-state index contributed by atoms with van der Waals surface area (Å²) in [7, 11) is 0. The van der Waals surface area contributed by atoms with Crippen LogP contribution in [0.3, 0.4) is 0 Å². The molecule has 0 saturated heterocycles. The quantitative estimate of drug-likeness (QED) is 0.900. The standard InChI is InChI=1S/C15H16BrN3O/c1-11(13-4-6-14(16)7-5-13)19-15(20)18-10-12-3-2-8-17-9-12/h2-9,11H,10H2,1H3,(H2,18,19,20)/t11-/m0/s1. The fraction of sp³-hybridized carbons (Fsp3) is 0.200. The molecule has 1 atom stereocenters. The fourth-order valence-corrected chi connectivity index (χ4v) is 2.03. The van der Waals surface area contributed by atoms with Crippen LogP contribution in [0.4, 0.5) is 4.79 Å². The number of aromatic nitrogens is 1. The molecule has 5 heteroatoms. The van der Waals surface area contributed by atoms with Gasteiger partial charge in [-0.1, -0.05) is 34.1 Å². The van der Waals surface area contributed by atoms with Crippen LogP contribution < -0.4 is 10.6 Å². The summed E-state index contributed by atoms with van der Waals surface area (Å²) in [6.07, 6.45) is 3.44. The van der Waals surface area contributed by atoms with E-state index in [2.05, 4.69) is 31.5 Å². The Bertz CT molecular complexity index is 557. The van der Waals surface area contributed by atoms with Gasteiger partial charge in [0, 0.05) is 23.4 Å². The monoisotopic (exact) mass is 333 g/mol. The predicted octanol–water partition coefficient (Wildman–Crippen LogP) is 3.40. The Morgan fingerprint density at radius 3 is 2.70 bits per heavy atom. The highest BCUT2D eigenvalue weighted by Gasteiger charge is 2.08. The van der Waals surface area contributed by atoms with E-state index in [4.69, 9.17) is 0 Å². The molecule has 2 aromatic rings. The van der Waals surface area contributed by atoms with E-state index in [0.29, 0.717) is 6.54 Å². The summed E-state index contributed by atoms with van der Waals surface area (Å²) < 4.78 is 1.02. The smallest absolute Gasteiger partial charge is 0.315 e. The molecule has 2 amide bonds. The van der Waals surface area contributed by atoms with Crippen LogP contribution in [0.15, 0.2) is 53.3 Å². The molecule has 4 nitrogen and oxygen atoms in total. The Morgan fingerprint density at radius 1 is 1.30 bits per heavy atom. The first-order valence-corrected chi connectivity index (χ1v) is 7.13. The molecule has 1 aromatic carbocycles. The van der Waals surface area contributed by atoms with Crippen LogP contribution in [-0.4, -0.2) is 11.0 Å². The normalized spacial score (nSPS) is 11.7. The number of urea groups is 1. The van der Waals surface area contributed by atoms with Gasteiger partial charge in [-0.2, -0.15) is 0 Å². The molecule has 0 aliphatic rings. The van der Waals surface area contributed by atoms with Crippen molar-refractivity contribution in [3.05, 3.63) is 64.4 Å². The van der Waals surface area contributed by atoms with E-state index in [-0.39, 0.29) is 12.1 Å². The number of carbonyl (C=O) groups excluding carboxylic acids is 1. The average Bonchev–Trinajstić information content (AvgIpc) is 2.47. The third-order valence-electron chi connectivity index (χ3n) is 2.89. The summed E-state index contributed by atoms with van der Waals surface area (Å²) in [6, 6.07) is 11.4. The van der Waals surface area contributed by atoms with Crippen molar-refractivity contribution in [1.29, 1.82) is 0 Å². The second-order valence-corrected chi connectivity index (χ2v) is 5.38. The van der Waals surface area contributed by atoms with Crippen molar-refractivity contribution in [3.63, 3.8) is 0 Å². The van der Waals surface area contributed by atoms with Gasteiger partial charge in [0.1, 0.15) is 0 Å². The van der Waals surface area contributed by atoms with E-state index >= 15 is 0 Å². The summed E-state index contributed by atoms with van der Waals surface area (Å²) in [6.45, 7) is 2.42. The Morgan fingerprint density at radius 2 is 2.05 bits per heavy atom. The molecule has 0 aliphatic carbocycles. The van der Waals surface area contributed by atoms with Crippen molar-refractivity contribution >= 4 is 22.0 Å². The fourth-order valence-electron chi connectivity index (χ4n) is 1.77. The van der Waals surface area contributed by atoms with E-state index < -0.39 is 0 Å². The third-order valence-corrected chi connectivity index (χ3v) is 3.42. The van der Waals surface area contributed by atoms with Crippen LogP contribution in [0.2, 0.25) is 0 Å². The van der Waals surface area contributed by atoms with Crippen molar-refractivity contribution < 1.29 is 4.79 Å².